The lowest BCUT2D eigenvalue weighted by atomic mass is 9.92. The topological polar surface area (TPSA) is 55.6 Å². The Kier molecular flexibility index (Phi) is 7.69. The fourth-order valence-electron chi connectivity index (χ4n) is 2.97. The van der Waals surface area contributed by atoms with E-state index in [1.54, 1.807) is 7.11 Å². The van der Waals surface area contributed by atoms with Gasteiger partial charge in [0.1, 0.15) is 5.75 Å². The molecule has 0 saturated carbocycles. The third-order valence-electron chi connectivity index (χ3n) is 4.35. The van der Waals surface area contributed by atoms with Crippen LogP contribution in [-0.4, -0.2) is 37.0 Å². The second kappa shape index (κ2) is 9.01. The number of carbonyl (C=O) groups is 1. The number of hydrogen-bond donors (Lipinski definition) is 1. The third kappa shape index (κ3) is 4.89. The molecule has 1 aromatic rings. The van der Waals surface area contributed by atoms with Crippen molar-refractivity contribution in [2.45, 2.75) is 38.6 Å². The van der Waals surface area contributed by atoms with Gasteiger partial charge in [0.15, 0.2) is 0 Å². The van der Waals surface area contributed by atoms with Crippen LogP contribution in [0, 0.1) is 5.92 Å². The quantitative estimate of drug-likeness (QED) is 0.905. The first-order valence-electron chi connectivity index (χ1n) is 7.77. The number of likely N-dealkylation sites (tertiary alicyclic amines) is 1. The zero-order valence-electron chi connectivity index (χ0n) is 13.5. The molecule has 1 aliphatic heterocycles. The molecule has 1 heterocycles. The number of nitrogens with two attached hydrogens (primary N) is 1. The van der Waals surface area contributed by atoms with Crippen LogP contribution in [0.4, 0.5) is 0 Å². The van der Waals surface area contributed by atoms with Crippen LogP contribution in [0.2, 0.25) is 0 Å². The summed E-state index contributed by atoms with van der Waals surface area (Å²) in [6.45, 7) is 3.71. The van der Waals surface area contributed by atoms with Crippen molar-refractivity contribution in [2.75, 3.05) is 20.2 Å². The van der Waals surface area contributed by atoms with E-state index in [9.17, 15) is 4.79 Å². The van der Waals surface area contributed by atoms with Gasteiger partial charge in [0.05, 0.1) is 7.11 Å². The zero-order chi connectivity index (χ0) is 15.2. The van der Waals surface area contributed by atoms with Gasteiger partial charge < -0.3 is 15.4 Å². The van der Waals surface area contributed by atoms with Crippen molar-refractivity contribution in [1.82, 2.24) is 4.90 Å². The Labute approximate surface area is 139 Å². The maximum atomic E-state index is 12.4. The standard InChI is InChI=1S/C17H26N2O2.ClH/c1-13(18)15-7-5-11-19(12-15)17(20)10-9-14-6-3-4-8-16(14)21-2;/h3-4,6,8,13,15H,5,7,9-12,18H2,1-2H3;1H. The first kappa shape index (κ1) is 18.8. The van der Waals surface area contributed by atoms with Crippen molar-refractivity contribution in [3.63, 3.8) is 0 Å². The van der Waals surface area contributed by atoms with E-state index in [1.165, 1.54) is 0 Å². The van der Waals surface area contributed by atoms with E-state index >= 15 is 0 Å². The summed E-state index contributed by atoms with van der Waals surface area (Å²) in [6.07, 6.45) is 3.45. The van der Waals surface area contributed by atoms with Crippen LogP contribution >= 0.6 is 12.4 Å². The highest BCUT2D eigenvalue weighted by molar-refractivity contribution is 5.85. The summed E-state index contributed by atoms with van der Waals surface area (Å²) in [5, 5.41) is 0. The summed E-state index contributed by atoms with van der Waals surface area (Å²) < 4.78 is 5.33. The van der Waals surface area contributed by atoms with Gasteiger partial charge in [-0.05, 0) is 43.7 Å². The first-order valence-corrected chi connectivity index (χ1v) is 7.77. The van der Waals surface area contributed by atoms with Crippen molar-refractivity contribution in [1.29, 1.82) is 0 Å². The Morgan fingerprint density at radius 3 is 2.86 bits per heavy atom. The van der Waals surface area contributed by atoms with Gasteiger partial charge >= 0.3 is 0 Å². The summed E-state index contributed by atoms with van der Waals surface area (Å²) in [5.41, 5.74) is 7.07. The van der Waals surface area contributed by atoms with E-state index in [0.29, 0.717) is 12.3 Å². The van der Waals surface area contributed by atoms with Crippen molar-refractivity contribution in [3.8, 4) is 5.75 Å². The van der Waals surface area contributed by atoms with Crippen LogP contribution in [0.5, 0.6) is 5.75 Å². The number of piperidine rings is 1. The van der Waals surface area contributed by atoms with Crippen LogP contribution in [0.25, 0.3) is 0 Å². The summed E-state index contributed by atoms with van der Waals surface area (Å²) in [6, 6.07) is 8.05. The number of benzene rings is 1. The lowest BCUT2D eigenvalue weighted by Gasteiger charge is -2.34. The van der Waals surface area contributed by atoms with Crippen LogP contribution in [0.3, 0.4) is 0 Å². The molecule has 22 heavy (non-hydrogen) atoms. The van der Waals surface area contributed by atoms with E-state index in [1.807, 2.05) is 36.1 Å². The Morgan fingerprint density at radius 1 is 1.45 bits per heavy atom. The minimum absolute atomic E-state index is 0. The van der Waals surface area contributed by atoms with Gasteiger partial charge in [-0.3, -0.25) is 4.79 Å². The number of para-hydroxylation sites is 1. The van der Waals surface area contributed by atoms with Gasteiger partial charge in [-0.1, -0.05) is 18.2 Å². The largest absolute Gasteiger partial charge is 0.496 e. The Morgan fingerprint density at radius 2 is 2.18 bits per heavy atom. The number of hydrogen-bond acceptors (Lipinski definition) is 3. The molecular weight excluding hydrogens is 300 g/mol. The van der Waals surface area contributed by atoms with Crippen LogP contribution in [0.1, 0.15) is 31.7 Å². The highest BCUT2D eigenvalue weighted by Gasteiger charge is 2.25. The molecule has 124 valence electrons. The van der Waals surface area contributed by atoms with Crippen molar-refractivity contribution < 1.29 is 9.53 Å². The van der Waals surface area contributed by atoms with Gasteiger partial charge in [0.2, 0.25) is 5.91 Å². The summed E-state index contributed by atoms with van der Waals surface area (Å²) >= 11 is 0. The second-order valence-electron chi connectivity index (χ2n) is 5.91. The average Bonchev–Trinajstić information content (AvgIpc) is 2.52. The molecule has 1 fully saturated rings. The molecule has 5 heteroatoms. The number of methoxy groups -OCH3 is 1. The van der Waals surface area contributed by atoms with E-state index in [-0.39, 0.29) is 24.4 Å². The maximum absolute atomic E-state index is 12.4. The Balaban J connectivity index is 0.00000242. The summed E-state index contributed by atoms with van der Waals surface area (Å²) in [5.74, 6) is 1.53. The number of ether oxygens (including phenoxy) is 1. The van der Waals surface area contributed by atoms with Gasteiger partial charge in [-0.2, -0.15) is 0 Å². The molecule has 1 saturated heterocycles. The number of halogens is 1. The molecular formula is C17H27ClN2O2. The fourth-order valence-corrected chi connectivity index (χ4v) is 2.97. The number of rotatable bonds is 5. The molecule has 2 rings (SSSR count). The Bertz CT molecular complexity index is 479. The molecule has 1 aromatic carbocycles. The lowest BCUT2D eigenvalue weighted by Crippen LogP contribution is -2.45. The highest BCUT2D eigenvalue weighted by Crippen LogP contribution is 2.22. The number of amides is 1. The Hall–Kier alpha value is -1.26. The molecule has 0 radical (unpaired) electrons. The predicted octanol–water partition coefficient (Wildman–Crippen LogP) is 2.64. The van der Waals surface area contributed by atoms with Crippen molar-refractivity contribution in [2.24, 2.45) is 11.7 Å². The van der Waals surface area contributed by atoms with E-state index in [4.69, 9.17) is 10.5 Å². The molecule has 1 aliphatic rings. The lowest BCUT2D eigenvalue weighted by molar-refractivity contribution is -0.133. The smallest absolute Gasteiger partial charge is 0.222 e. The normalized spacial score (nSPS) is 19.2. The maximum Gasteiger partial charge on any atom is 0.222 e. The first-order chi connectivity index (χ1) is 10.1. The molecule has 0 aliphatic carbocycles. The van der Waals surface area contributed by atoms with E-state index < -0.39 is 0 Å². The average molecular weight is 327 g/mol. The monoisotopic (exact) mass is 326 g/mol. The fraction of sp³-hybridized carbons (Fsp3) is 0.588. The number of aryl methyl sites for hydroxylation is 1. The number of nitrogens with zero attached hydrogens (tertiary/aromatic N) is 1. The highest BCUT2D eigenvalue weighted by atomic mass is 35.5. The molecule has 0 spiro atoms. The summed E-state index contributed by atoms with van der Waals surface area (Å²) in [4.78, 5) is 14.4. The van der Waals surface area contributed by atoms with Crippen LogP contribution in [0.15, 0.2) is 24.3 Å². The molecule has 2 unspecified atom stereocenters. The van der Waals surface area contributed by atoms with Crippen LogP contribution < -0.4 is 10.5 Å². The molecule has 0 aromatic heterocycles. The molecule has 4 nitrogen and oxygen atoms in total. The van der Waals surface area contributed by atoms with Gasteiger partial charge in [-0.15, -0.1) is 12.4 Å². The van der Waals surface area contributed by atoms with Gasteiger partial charge in [0, 0.05) is 25.6 Å². The molecule has 1 amide bonds. The zero-order valence-corrected chi connectivity index (χ0v) is 14.3. The van der Waals surface area contributed by atoms with Gasteiger partial charge in [0.25, 0.3) is 0 Å². The third-order valence-corrected chi connectivity index (χ3v) is 4.35. The molecule has 0 bridgehead atoms. The van der Waals surface area contributed by atoms with E-state index in [0.717, 1.165) is 43.7 Å². The molecule has 2 atom stereocenters. The second-order valence-corrected chi connectivity index (χ2v) is 5.91. The number of carbonyl (C=O) groups excluding carboxylic acids is 1. The van der Waals surface area contributed by atoms with Crippen molar-refractivity contribution >= 4 is 18.3 Å². The van der Waals surface area contributed by atoms with E-state index in [2.05, 4.69) is 0 Å². The van der Waals surface area contributed by atoms with Crippen LogP contribution in [-0.2, 0) is 11.2 Å². The molecule has 2 N–H and O–H groups in total. The van der Waals surface area contributed by atoms with Gasteiger partial charge in [-0.25, -0.2) is 0 Å². The van der Waals surface area contributed by atoms with Crippen molar-refractivity contribution in [3.05, 3.63) is 29.8 Å². The minimum Gasteiger partial charge on any atom is -0.496 e. The summed E-state index contributed by atoms with van der Waals surface area (Å²) in [7, 11) is 1.67. The predicted molar refractivity (Wildman–Crippen MR) is 91.5 cm³/mol. The SMILES string of the molecule is COc1ccccc1CCC(=O)N1CCCC(C(C)N)C1.Cl. The minimum atomic E-state index is 0.